The Morgan fingerprint density at radius 3 is 1.34 bits per heavy atom. The molecule has 1 unspecified atom stereocenters. The van der Waals surface area contributed by atoms with Crippen LogP contribution in [0.5, 0.6) is 0 Å². The molecule has 1 aromatic rings. The number of aryl methyl sites for hydroxylation is 2. The number of hydrogen-bond donors (Lipinski definition) is 0. The van der Waals surface area contributed by atoms with E-state index in [-0.39, 0.29) is 0 Å². The van der Waals surface area contributed by atoms with E-state index in [2.05, 4.69) is 39.0 Å². The van der Waals surface area contributed by atoms with Gasteiger partial charge >= 0.3 is 0 Å². The van der Waals surface area contributed by atoms with Gasteiger partial charge < -0.3 is 0 Å². The summed E-state index contributed by atoms with van der Waals surface area (Å²) in [7, 11) is -0.955. The minimum atomic E-state index is -0.955. The van der Waals surface area contributed by atoms with Crippen LogP contribution in [0.3, 0.4) is 0 Å². The highest BCUT2D eigenvalue weighted by molar-refractivity contribution is 6.79. The van der Waals surface area contributed by atoms with Crippen molar-refractivity contribution in [2.24, 2.45) is 0 Å². The van der Waals surface area contributed by atoms with Gasteiger partial charge in [-0.25, -0.2) is 0 Å². The van der Waals surface area contributed by atoms with Gasteiger partial charge in [0.2, 0.25) is 0 Å². The molecule has 0 fully saturated rings. The molecule has 0 aromatic heterocycles. The predicted molar refractivity (Wildman–Crippen MR) is 138 cm³/mol. The first kappa shape index (κ1) is 26.8. The highest BCUT2D eigenvalue weighted by atomic mass is 35.5. The average molecular weight is 437 g/mol. The fourth-order valence-electron chi connectivity index (χ4n) is 4.52. The Kier molecular flexibility index (Phi) is 17.1. The Bertz CT molecular complexity index is 479. The third-order valence-corrected chi connectivity index (χ3v) is 10.2. The Morgan fingerprint density at radius 2 is 0.966 bits per heavy atom. The van der Waals surface area contributed by atoms with Crippen LogP contribution >= 0.6 is 11.6 Å². The zero-order valence-corrected chi connectivity index (χ0v) is 21.8. The lowest BCUT2D eigenvalue weighted by atomic mass is 10.0. The topological polar surface area (TPSA) is 0 Å². The molecule has 0 N–H and O–H groups in total. The first-order valence-corrected chi connectivity index (χ1v) is 15.6. The van der Waals surface area contributed by atoms with Gasteiger partial charge in [-0.2, -0.15) is 0 Å². The largest absolute Gasteiger partial charge is 0.130 e. The van der Waals surface area contributed by atoms with Gasteiger partial charge in [0.1, 0.15) is 0 Å². The monoisotopic (exact) mass is 436 g/mol. The molecule has 168 valence electrons. The van der Waals surface area contributed by atoms with Gasteiger partial charge in [0.15, 0.2) is 0 Å². The van der Waals surface area contributed by atoms with Gasteiger partial charge in [0, 0.05) is 5.50 Å². The van der Waals surface area contributed by atoms with Crippen LogP contribution in [0.1, 0.15) is 121 Å². The van der Waals surface area contributed by atoms with Crippen LogP contribution in [-0.4, -0.2) is 14.3 Å². The summed E-state index contributed by atoms with van der Waals surface area (Å²) >= 11 is 6.34. The van der Waals surface area contributed by atoms with Crippen molar-refractivity contribution in [1.29, 1.82) is 0 Å². The fraction of sp³-hybridized carbons (Fsp3) is 0.778. The van der Waals surface area contributed by atoms with Crippen LogP contribution in [0, 0.1) is 13.8 Å². The predicted octanol–water partition coefficient (Wildman–Crippen LogP) is 8.78. The highest BCUT2D eigenvalue weighted by Gasteiger charge is 2.12. The lowest BCUT2D eigenvalue weighted by Gasteiger charge is -2.14. The first-order valence-electron chi connectivity index (χ1n) is 12.8. The number of benzene rings is 1. The van der Waals surface area contributed by atoms with E-state index in [4.69, 9.17) is 11.6 Å². The number of halogens is 1. The molecular formula is C27H49ClSi. The van der Waals surface area contributed by atoms with E-state index < -0.39 is 8.80 Å². The number of rotatable bonds is 19. The van der Waals surface area contributed by atoms with E-state index in [0.29, 0.717) is 0 Å². The summed E-state index contributed by atoms with van der Waals surface area (Å²) in [6.45, 7) is 6.72. The van der Waals surface area contributed by atoms with Crippen LogP contribution in [-0.2, 0) is 0 Å². The Hall–Kier alpha value is -0.273. The Morgan fingerprint density at radius 1 is 0.586 bits per heavy atom. The molecule has 0 saturated carbocycles. The van der Waals surface area contributed by atoms with E-state index in [1.165, 1.54) is 120 Å². The van der Waals surface area contributed by atoms with Crippen molar-refractivity contribution in [2.75, 3.05) is 5.50 Å². The van der Waals surface area contributed by atoms with Gasteiger partial charge in [-0.05, 0) is 13.8 Å². The minimum Gasteiger partial charge on any atom is -0.130 e. The van der Waals surface area contributed by atoms with Gasteiger partial charge in [-0.15, -0.1) is 11.6 Å². The van der Waals surface area contributed by atoms with E-state index in [0.717, 1.165) is 5.50 Å². The second-order valence-corrected chi connectivity index (χ2v) is 13.2. The minimum absolute atomic E-state index is 0.891. The first-order chi connectivity index (χ1) is 14.2. The molecule has 2 heteroatoms. The van der Waals surface area contributed by atoms with Crippen molar-refractivity contribution in [2.45, 2.75) is 130 Å². The Balaban J connectivity index is 1.91. The molecule has 0 amide bonds. The van der Waals surface area contributed by atoms with Crippen molar-refractivity contribution in [3.05, 3.63) is 29.3 Å². The van der Waals surface area contributed by atoms with Crippen molar-refractivity contribution >= 4 is 25.6 Å². The molecule has 0 spiro atoms. The molecular weight excluding hydrogens is 388 g/mol. The van der Waals surface area contributed by atoms with Crippen LogP contribution in [0.25, 0.3) is 0 Å². The van der Waals surface area contributed by atoms with E-state index in [9.17, 15) is 0 Å². The molecule has 1 aromatic carbocycles. The average Bonchev–Trinajstić information content (AvgIpc) is 2.69. The van der Waals surface area contributed by atoms with Crippen molar-refractivity contribution in [3.8, 4) is 0 Å². The van der Waals surface area contributed by atoms with Gasteiger partial charge in [-0.1, -0.05) is 150 Å². The standard InChI is InChI=1S/C27H49ClSi/c1-4-5-6-7-8-9-10-11-12-13-14-15-16-17-18-19-20-29(24-28)27-22-25(2)21-26(3)23-27/h21-23,29H,4-20,24H2,1-3H3. The lowest BCUT2D eigenvalue weighted by molar-refractivity contribution is 0.531. The quantitative estimate of drug-likeness (QED) is 0.115. The summed E-state index contributed by atoms with van der Waals surface area (Å²) in [4.78, 5) is 0. The van der Waals surface area contributed by atoms with Crippen LogP contribution < -0.4 is 5.19 Å². The fourth-order valence-corrected chi connectivity index (χ4v) is 7.96. The molecule has 0 nitrogen and oxygen atoms in total. The van der Waals surface area contributed by atoms with E-state index >= 15 is 0 Å². The smallest absolute Gasteiger partial charge is 0.0867 e. The zero-order chi connectivity index (χ0) is 21.2. The number of hydrogen-bond acceptors (Lipinski definition) is 0. The molecule has 1 atom stereocenters. The lowest BCUT2D eigenvalue weighted by Crippen LogP contribution is -2.32. The zero-order valence-electron chi connectivity index (χ0n) is 19.9. The summed E-state index contributed by atoms with van der Waals surface area (Å²) in [5.41, 5.74) is 3.69. The molecule has 0 radical (unpaired) electrons. The SMILES string of the molecule is CCCCCCCCCCCCCCCCCC[SiH](CCl)c1cc(C)cc(C)c1. The Labute approximate surface area is 189 Å². The molecule has 29 heavy (non-hydrogen) atoms. The second kappa shape index (κ2) is 18.5. The highest BCUT2D eigenvalue weighted by Crippen LogP contribution is 2.15. The maximum atomic E-state index is 6.34. The summed E-state index contributed by atoms with van der Waals surface area (Å²) in [5.74, 6) is 0. The van der Waals surface area contributed by atoms with Gasteiger partial charge in [0.25, 0.3) is 0 Å². The normalized spacial score (nSPS) is 12.4. The van der Waals surface area contributed by atoms with E-state index in [1.54, 1.807) is 5.19 Å². The maximum absolute atomic E-state index is 6.34. The molecule has 0 aliphatic rings. The third kappa shape index (κ3) is 14.4. The molecule has 1 rings (SSSR count). The molecule has 0 aliphatic carbocycles. The summed E-state index contributed by atoms with van der Waals surface area (Å²) in [6.07, 6.45) is 23.1. The number of alkyl halides is 1. The van der Waals surface area contributed by atoms with Crippen LogP contribution in [0.4, 0.5) is 0 Å². The van der Waals surface area contributed by atoms with Crippen LogP contribution in [0.2, 0.25) is 6.04 Å². The molecule has 0 bridgehead atoms. The maximum Gasteiger partial charge on any atom is 0.0867 e. The van der Waals surface area contributed by atoms with E-state index in [1.807, 2.05) is 0 Å². The summed E-state index contributed by atoms with van der Waals surface area (Å²) in [6, 6.07) is 8.43. The van der Waals surface area contributed by atoms with Crippen LogP contribution in [0.15, 0.2) is 18.2 Å². The molecule has 0 aliphatic heterocycles. The third-order valence-electron chi connectivity index (χ3n) is 6.31. The van der Waals surface area contributed by atoms with Crippen molar-refractivity contribution < 1.29 is 0 Å². The number of unbranched alkanes of at least 4 members (excludes halogenated alkanes) is 15. The van der Waals surface area contributed by atoms with Gasteiger partial charge in [0.05, 0.1) is 8.80 Å². The molecule has 0 heterocycles. The van der Waals surface area contributed by atoms with Crippen molar-refractivity contribution in [3.63, 3.8) is 0 Å². The summed E-state index contributed by atoms with van der Waals surface area (Å²) in [5, 5.41) is 1.58. The summed E-state index contributed by atoms with van der Waals surface area (Å²) < 4.78 is 0. The van der Waals surface area contributed by atoms with Gasteiger partial charge in [-0.3, -0.25) is 0 Å². The van der Waals surface area contributed by atoms with Crippen molar-refractivity contribution in [1.82, 2.24) is 0 Å². The second-order valence-electron chi connectivity index (χ2n) is 9.36. The molecule has 0 saturated heterocycles.